The molecule has 0 spiro atoms. The van der Waals surface area contributed by atoms with Gasteiger partial charge in [0.1, 0.15) is 0 Å². The number of alkyl halides is 3. The Morgan fingerprint density at radius 3 is 2.48 bits per heavy atom. The SMILES string of the molecule is O=C(Cc1ccccc1)Nc1ccc(-c2cc(-c3noc(C(F)(F)F)n3)ccn2)nc1. The van der Waals surface area contributed by atoms with Crippen LogP contribution in [0.5, 0.6) is 0 Å². The van der Waals surface area contributed by atoms with Crippen molar-refractivity contribution in [2.24, 2.45) is 0 Å². The smallest absolute Gasteiger partial charge is 0.329 e. The van der Waals surface area contributed by atoms with E-state index in [4.69, 9.17) is 0 Å². The molecule has 0 saturated carbocycles. The zero-order chi connectivity index (χ0) is 21.8. The summed E-state index contributed by atoms with van der Waals surface area (Å²) in [6, 6.07) is 15.6. The molecule has 156 valence electrons. The normalized spacial score (nSPS) is 11.3. The van der Waals surface area contributed by atoms with Gasteiger partial charge in [-0.15, -0.1) is 0 Å². The van der Waals surface area contributed by atoms with Crippen LogP contribution in [0.3, 0.4) is 0 Å². The van der Waals surface area contributed by atoms with Crippen LogP contribution in [-0.2, 0) is 17.4 Å². The number of pyridine rings is 2. The highest BCUT2D eigenvalue weighted by atomic mass is 19.4. The third-order valence-corrected chi connectivity index (χ3v) is 4.20. The molecule has 31 heavy (non-hydrogen) atoms. The first kappa shape index (κ1) is 20.2. The molecule has 0 bridgehead atoms. The average Bonchev–Trinajstić information content (AvgIpc) is 3.26. The van der Waals surface area contributed by atoms with Crippen LogP contribution in [-0.4, -0.2) is 26.0 Å². The van der Waals surface area contributed by atoms with Crippen LogP contribution in [0.25, 0.3) is 22.8 Å². The zero-order valence-electron chi connectivity index (χ0n) is 15.8. The van der Waals surface area contributed by atoms with Crippen molar-refractivity contribution in [3.63, 3.8) is 0 Å². The van der Waals surface area contributed by atoms with Gasteiger partial charge in [0.05, 0.1) is 29.7 Å². The largest absolute Gasteiger partial charge is 0.471 e. The molecule has 0 unspecified atom stereocenters. The Balaban J connectivity index is 1.47. The van der Waals surface area contributed by atoms with Gasteiger partial charge in [0, 0.05) is 11.8 Å². The van der Waals surface area contributed by atoms with Crippen LogP contribution in [0.15, 0.2) is 71.5 Å². The van der Waals surface area contributed by atoms with Gasteiger partial charge in [-0.25, -0.2) is 0 Å². The topological polar surface area (TPSA) is 93.8 Å². The quantitative estimate of drug-likeness (QED) is 0.510. The second-order valence-electron chi connectivity index (χ2n) is 6.49. The molecule has 10 heteroatoms. The number of hydrogen-bond acceptors (Lipinski definition) is 6. The van der Waals surface area contributed by atoms with E-state index in [0.29, 0.717) is 22.6 Å². The number of anilines is 1. The van der Waals surface area contributed by atoms with E-state index in [9.17, 15) is 18.0 Å². The highest BCUT2D eigenvalue weighted by molar-refractivity contribution is 5.92. The first-order valence-electron chi connectivity index (χ1n) is 9.06. The van der Waals surface area contributed by atoms with Gasteiger partial charge in [-0.1, -0.05) is 35.5 Å². The summed E-state index contributed by atoms with van der Waals surface area (Å²) in [6.07, 6.45) is -1.60. The number of nitrogens with zero attached hydrogens (tertiary/aromatic N) is 4. The summed E-state index contributed by atoms with van der Waals surface area (Å²) in [4.78, 5) is 24.0. The Kier molecular flexibility index (Phi) is 5.44. The van der Waals surface area contributed by atoms with Crippen molar-refractivity contribution < 1.29 is 22.5 Å². The third-order valence-electron chi connectivity index (χ3n) is 4.20. The van der Waals surface area contributed by atoms with Gasteiger partial charge in [-0.2, -0.15) is 18.2 Å². The molecule has 0 aliphatic rings. The molecule has 3 aromatic heterocycles. The fraction of sp³-hybridized carbons (Fsp3) is 0.0952. The van der Waals surface area contributed by atoms with Gasteiger partial charge in [-0.05, 0) is 29.8 Å². The molecular weight excluding hydrogens is 411 g/mol. The molecule has 0 fully saturated rings. The van der Waals surface area contributed by atoms with Crippen molar-refractivity contribution in [2.45, 2.75) is 12.6 Å². The Hall–Kier alpha value is -4.08. The van der Waals surface area contributed by atoms with E-state index < -0.39 is 12.1 Å². The van der Waals surface area contributed by atoms with E-state index in [-0.39, 0.29) is 18.2 Å². The lowest BCUT2D eigenvalue weighted by molar-refractivity contribution is -0.159. The predicted molar refractivity (Wildman–Crippen MR) is 105 cm³/mol. The number of amides is 1. The van der Waals surface area contributed by atoms with E-state index in [0.717, 1.165) is 5.56 Å². The molecule has 0 radical (unpaired) electrons. The molecule has 0 aliphatic carbocycles. The molecule has 0 atom stereocenters. The number of aromatic nitrogens is 4. The number of carbonyl (C=O) groups is 1. The minimum atomic E-state index is -4.72. The van der Waals surface area contributed by atoms with E-state index >= 15 is 0 Å². The number of nitrogens with one attached hydrogen (secondary N) is 1. The van der Waals surface area contributed by atoms with Crippen LogP contribution in [0.4, 0.5) is 18.9 Å². The maximum absolute atomic E-state index is 12.7. The summed E-state index contributed by atoms with van der Waals surface area (Å²) in [5.74, 6) is -1.81. The molecule has 1 aromatic carbocycles. The summed E-state index contributed by atoms with van der Waals surface area (Å²) in [5.41, 5.74) is 2.56. The molecule has 4 rings (SSSR count). The number of halogens is 3. The van der Waals surface area contributed by atoms with E-state index in [1.807, 2.05) is 30.3 Å². The van der Waals surface area contributed by atoms with Crippen LogP contribution in [0, 0.1) is 0 Å². The Morgan fingerprint density at radius 2 is 1.81 bits per heavy atom. The molecule has 0 aliphatic heterocycles. The van der Waals surface area contributed by atoms with Gasteiger partial charge >= 0.3 is 12.1 Å². The van der Waals surface area contributed by atoms with E-state index in [2.05, 4.69) is 29.9 Å². The molecule has 7 nitrogen and oxygen atoms in total. The van der Waals surface area contributed by atoms with Crippen molar-refractivity contribution in [3.05, 3.63) is 78.4 Å². The summed E-state index contributed by atoms with van der Waals surface area (Å²) in [5, 5.41) is 6.13. The number of benzene rings is 1. The summed E-state index contributed by atoms with van der Waals surface area (Å²) in [6.45, 7) is 0. The first-order valence-corrected chi connectivity index (χ1v) is 9.06. The third kappa shape index (κ3) is 4.92. The maximum Gasteiger partial charge on any atom is 0.471 e. The summed E-state index contributed by atoms with van der Waals surface area (Å²) < 4.78 is 42.3. The lowest BCUT2D eigenvalue weighted by Crippen LogP contribution is -2.14. The van der Waals surface area contributed by atoms with Crippen LogP contribution >= 0.6 is 0 Å². The molecule has 4 aromatic rings. The highest BCUT2D eigenvalue weighted by Crippen LogP contribution is 2.30. The van der Waals surface area contributed by atoms with Gasteiger partial charge in [0.2, 0.25) is 11.7 Å². The Labute approximate surface area is 174 Å². The molecule has 0 saturated heterocycles. The molecular formula is C21H14F3N5O2. The Morgan fingerprint density at radius 1 is 1.00 bits per heavy atom. The predicted octanol–water partition coefficient (Wildman–Crippen LogP) is 4.39. The van der Waals surface area contributed by atoms with Crippen molar-refractivity contribution in [1.29, 1.82) is 0 Å². The lowest BCUT2D eigenvalue weighted by atomic mass is 10.1. The van der Waals surface area contributed by atoms with Gasteiger partial charge in [0.25, 0.3) is 0 Å². The highest BCUT2D eigenvalue weighted by Gasteiger charge is 2.38. The molecule has 1 N–H and O–H groups in total. The Bertz CT molecular complexity index is 1190. The number of rotatable bonds is 5. The van der Waals surface area contributed by atoms with E-state index in [1.54, 1.807) is 12.1 Å². The van der Waals surface area contributed by atoms with Gasteiger partial charge in [-0.3, -0.25) is 14.8 Å². The monoisotopic (exact) mass is 425 g/mol. The van der Waals surface area contributed by atoms with E-state index in [1.165, 1.54) is 24.5 Å². The van der Waals surface area contributed by atoms with Crippen molar-refractivity contribution in [3.8, 4) is 22.8 Å². The second kappa shape index (κ2) is 8.34. The number of carbonyl (C=O) groups excluding carboxylic acids is 1. The number of hydrogen-bond donors (Lipinski definition) is 1. The zero-order valence-corrected chi connectivity index (χ0v) is 15.8. The maximum atomic E-state index is 12.7. The minimum Gasteiger partial charge on any atom is -0.329 e. The minimum absolute atomic E-state index is 0.182. The van der Waals surface area contributed by atoms with Crippen molar-refractivity contribution in [1.82, 2.24) is 20.1 Å². The summed E-state index contributed by atoms with van der Waals surface area (Å²) >= 11 is 0. The lowest BCUT2D eigenvalue weighted by Gasteiger charge is -2.06. The molecule has 1 amide bonds. The standard InChI is InChI=1S/C21H14F3N5O2/c22-21(23,24)20-28-19(29-31-20)14-8-9-25-17(11-14)16-7-6-15(12-26-16)27-18(30)10-13-4-2-1-3-5-13/h1-9,11-12H,10H2,(H,27,30). The molecule has 3 heterocycles. The second-order valence-corrected chi connectivity index (χ2v) is 6.49. The van der Waals surface area contributed by atoms with Crippen LogP contribution < -0.4 is 5.32 Å². The van der Waals surface area contributed by atoms with Gasteiger partial charge in [0.15, 0.2) is 0 Å². The average molecular weight is 425 g/mol. The first-order chi connectivity index (χ1) is 14.9. The fourth-order valence-electron chi connectivity index (χ4n) is 2.77. The van der Waals surface area contributed by atoms with Crippen LogP contribution in [0.2, 0.25) is 0 Å². The van der Waals surface area contributed by atoms with Crippen molar-refractivity contribution in [2.75, 3.05) is 5.32 Å². The fourth-order valence-corrected chi connectivity index (χ4v) is 2.77. The van der Waals surface area contributed by atoms with Crippen molar-refractivity contribution >= 4 is 11.6 Å². The summed E-state index contributed by atoms with van der Waals surface area (Å²) in [7, 11) is 0. The van der Waals surface area contributed by atoms with Gasteiger partial charge < -0.3 is 9.84 Å². The van der Waals surface area contributed by atoms with Crippen LogP contribution in [0.1, 0.15) is 11.5 Å².